The van der Waals surface area contributed by atoms with Crippen molar-refractivity contribution in [2.24, 2.45) is 0 Å². The summed E-state index contributed by atoms with van der Waals surface area (Å²) in [5.41, 5.74) is 0.183. The first-order valence-corrected chi connectivity index (χ1v) is 8.91. The van der Waals surface area contributed by atoms with Crippen LogP contribution in [-0.2, 0) is 4.79 Å². The number of H-pyrrole nitrogens is 1. The maximum absolute atomic E-state index is 12.4. The fourth-order valence-electron chi connectivity index (χ4n) is 1.92. The quantitative estimate of drug-likeness (QED) is 0.607. The Balaban J connectivity index is 1.57. The number of hydrogen-bond acceptors (Lipinski definition) is 6. The number of benzene rings is 1. The molecule has 6 nitrogen and oxygen atoms in total. The molecular weight excluding hydrogens is 370 g/mol. The summed E-state index contributed by atoms with van der Waals surface area (Å²) in [5, 5.41) is 11.7. The predicted molar refractivity (Wildman–Crippen MR) is 92.1 cm³/mol. The van der Waals surface area contributed by atoms with Crippen molar-refractivity contribution in [1.82, 2.24) is 15.2 Å². The van der Waals surface area contributed by atoms with Gasteiger partial charge in [0.1, 0.15) is 5.75 Å². The smallest absolute Gasteiger partial charge is 0.387 e. The van der Waals surface area contributed by atoms with E-state index in [9.17, 15) is 13.6 Å². The number of nitrogens with one attached hydrogen (secondary N) is 2. The normalized spacial score (nSPS) is 10.8. The molecule has 0 aliphatic rings. The standard InChI is InChI=1S/C15H12F2N4O2S2/c16-14(17)23-10-5-2-1-4-9(10)18-12(22)8-25-15-19-13(20-21-15)11-6-3-7-24-11/h1-7,14H,8H2,(H,18,22)(H,19,20,21). The topological polar surface area (TPSA) is 79.9 Å². The SMILES string of the molecule is O=C(CSc1n[nH]c(-c2cccs2)n1)Nc1ccccc1OC(F)F. The van der Waals surface area contributed by atoms with Crippen LogP contribution in [0, 0.1) is 0 Å². The Morgan fingerprint density at radius 3 is 2.92 bits per heavy atom. The second-order valence-electron chi connectivity index (χ2n) is 4.66. The highest BCUT2D eigenvalue weighted by Gasteiger charge is 2.13. The van der Waals surface area contributed by atoms with Crippen molar-refractivity contribution in [3.8, 4) is 16.5 Å². The van der Waals surface area contributed by atoms with Crippen molar-refractivity contribution in [2.45, 2.75) is 11.8 Å². The van der Waals surface area contributed by atoms with Gasteiger partial charge in [-0.15, -0.1) is 16.4 Å². The summed E-state index contributed by atoms with van der Waals surface area (Å²) < 4.78 is 29.1. The van der Waals surface area contributed by atoms with E-state index in [2.05, 4.69) is 25.2 Å². The average molecular weight is 382 g/mol. The number of amides is 1. The third kappa shape index (κ3) is 4.77. The molecular formula is C15H12F2N4O2S2. The van der Waals surface area contributed by atoms with Gasteiger partial charge in [0, 0.05) is 0 Å². The third-order valence-electron chi connectivity index (χ3n) is 2.93. The van der Waals surface area contributed by atoms with Crippen LogP contribution in [-0.4, -0.2) is 33.5 Å². The van der Waals surface area contributed by atoms with E-state index in [0.717, 1.165) is 16.6 Å². The first-order chi connectivity index (χ1) is 12.1. The Bertz CT molecular complexity index is 840. The van der Waals surface area contributed by atoms with Gasteiger partial charge in [-0.2, -0.15) is 8.78 Å². The number of nitrogens with zero attached hydrogens (tertiary/aromatic N) is 2. The number of ether oxygens (including phenoxy) is 1. The van der Waals surface area contributed by atoms with Crippen LogP contribution in [0.1, 0.15) is 0 Å². The summed E-state index contributed by atoms with van der Waals surface area (Å²) in [7, 11) is 0. The molecule has 3 rings (SSSR count). The first kappa shape index (κ1) is 17.4. The molecule has 2 aromatic heterocycles. The van der Waals surface area contributed by atoms with Crippen LogP contribution in [0.5, 0.6) is 5.75 Å². The summed E-state index contributed by atoms with van der Waals surface area (Å²) in [6, 6.07) is 9.82. The summed E-state index contributed by atoms with van der Waals surface area (Å²) in [6.45, 7) is -2.96. The van der Waals surface area contributed by atoms with E-state index in [-0.39, 0.29) is 23.1 Å². The third-order valence-corrected chi connectivity index (χ3v) is 4.65. The molecule has 0 spiro atoms. The Hall–Kier alpha value is -2.46. The second kappa shape index (κ2) is 8.08. The number of halogens is 2. The van der Waals surface area contributed by atoms with E-state index in [1.165, 1.54) is 23.5 Å². The molecule has 130 valence electrons. The lowest BCUT2D eigenvalue weighted by molar-refractivity contribution is -0.113. The van der Waals surface area contributed by atoms with Gasteiger partial charge in [0.25, 0.3) is 0 Å². The minimum Gasteiger partial charge on any atom is -0.433 e. The summed E-state index contributed by atoms with van der Waals surface area (Å²) in [5.74, 6) is 0.199. The van der Waals surface area contributed by atoms with Crippen LogP contribution in [0.15, 0.2) is 46.9 Å². The van der Waals surface area contributed by atoms with Crippen molar-refractivity contribution >= 4 is 34.7 Å². The van der Waals surface area contributed by atoms with Crippen LogP contribution < -0.4 is 10.1 Å². The van der Waals surface area contributed by atoms with E-state index in [4.69, 9.17) is 0 Å². The fourth-order valence-corrected chi connectivity index (χ4v) is 3.18. The number of hydrogen-bond donors (Lipinski definition) is 2. The van der Waals surface area contributed by atoms with E-state index in [0.29, 0.717) is 11.0 Å². The molecule has 0 radical (unpaired) electrons. The number of para-hydroxylation sites is 2. The fraction of sp³-hybridized carbons (Fsp3) is 0.133. The molecule has 0 aliphatic heterocycles. The number of aromatic nitrogens is 3. The van der Waals surface area contributed by atoms with Gasteiger partial charge in [0.15, 0.2) is 5.82 Å². The number of alkyl halides is 2. The van der Waals surface area contributed by atoms with Crippen LogP contribution >= 0.6 is 23.1 Å². The summed E-state index contributed by atoms with van der Waals surface area (Å²) in [6.07, 6.45) is 0. The predicted octanol–water partition coefficient (Wildman–Crippen LogP) is 3.87. The van der Waals surface area contributed by atoms with Gasteiger partial charge in [-0.05, 0) is 23.6 Å². The number of thioether (sulfide) groups is 1. The Morgan fingerprint density at radius 2 is 2.16 bits per heavy atom. The molecule has 0 saturated heterocycles. The van der Waals surface area contributed by atoms with Crippen LogP contribution in [0.3, 0.4) is 0 Å². The number of thiophene rings is 1. The highest BCUT2D eigenvalue weighted by Crippen LogP contribution is 2.26. The largest absolute Gasteiger partial charge is 0.433 e. The molecule has 10 heteroatoms. The van der Waals surface area contributed by atoms with E-state index in [1.807, 2.05) is 17.5 Å². The van der Waals surface area contributed by atoms with Gasteiger partial charge in [0.05, 0.1) is 16.3 Å². The van der Waals surface area contributed by atoms with Gasteiger partial charge in [-0.25, -0.2) is 4.98 Å². The zero-order valence-electron chi connectivity index (χ0n) is 12.6. The number of aromatic amines is 1. The molecule has 1 aromatic carbocycles. The number of carbonyl (C=O) groups excluding carboxylic acids is 1. The average Bonchev–Trinajstić information content (AvgIpc) is 3.25. The van der Waals surface area contributed by atoms with Gasteiger partial charge in [-0.1, -0.05) is 30.0 Å². The zero-order chi connectivity index (χ0) is 17.6. The van der Waals surface area contributed by atoms with Crippen molar-refractivity contribution < 1.29 is 18.3 Å². The molecule has 0 bridgehead atoms. The molecule has 25 heavy (non-hydrogen) atoms. The summed E-state index contributed by atoms with van der Waals surface area (Å²) in [4.78, 5) is 17.3. The van der Waals surface area contributed by atoms with Gasteiger partial charge in [0.2, 0.25) is 11.1 Å². The Kier molecular flexibility index (Phi) is 5.61. The maximum atomic E-state index is 12.4. The Morgan fingerprint density at radius 1 is 1.32 bits per heavy atom. The first-order valence-electron chi connectivity index (χ1n) is 7.04. The minimum absolute atomic E-state index is 0.0325. The lowest BCUT2D eigenvalue weighted by atomic mass is 10.3. The molecule has 2 heterocycles. The van der Waals surface area contributed by atoms with Gasteiger partial charge in [-0.3, -0.25) is 9.89 Å². The van der Waals surface area contributed by atoms with Crippen molar-refractivity contribution in [1.29, 1.82) is 0 Å². The van der Waals surface area contributed by atoms with Gasteiger partial charge < -0.3 is 10.1 Å². The maximum Gasteiger partial charge on any atom is 0.387 e. The van der Waals surface area contributed by atoms with E-state index < -0.39 is 6.61 Å². The lowest BCUT2D eigenvalue weighted by Crippen LogP contribution is -2.15. The monoisotopic (exact) mass is 382 g/mol. The summed E-state index contributed by atoms with van der Waals surface area (Å²) >= 11 is 2.66. The molecule has 0 saturated carbocycles. The zero-order valence-corrected chi connectivity index (χ0v) is 14.2. The van der Waals surface area contributed by atoms with Crippen LogP contribution in [0.4, 0.5) is 14.5 Å². The molecule has 3 aromatic rings. The highest BCUT2D eigenvalue weighted by atomic mass is 32.2. The lowest BCUT2D eigenvalue weighted by Gasteiger charge is -2.11. The molecule has 0 atom stereocenters. The Labute approximate surface area is 149 Å². The van der Waals surface area contributed by atoms with Crippen LogP contribution in [0.25, 0.3) is 10.7 Å². The van der Waals surface area contributed by atoms with E-state index in [1.54, 1.807) is 12.1 Å². The molecule has 0 unspecified atom stereocenters. The minimum atomic E-state index is -2.96. The van der Waals surface area contributed by atoms with Crippen molar-refractivity contribution in [3.05, 3.63) is 41.8 Å². The second-order valence-corrected chi connectivity index (χ2v) is 6.55. The molecule has 0 fully saturated rings. The highest BCUT2D eigenvalue weighted by molar-refractivity contribution is 7.99. The van der Waals surface area contributed by atoms with Crippen molar-refractivity contribution in [2.75, 3.05) is 11.1 Å². The number of rotatable bonds is 7. The number of carbonyl (C=O) groups is 1. The number of anilines is 1. The molecule has 1 amide bonds. The van der Waals surface area contributed by atoms with E-state index >= 15 is 0 Å². The van der Waals surface area contributed by atoms with Crippen LogP contribution in [0.2, 0.25) is 0 Å². The van der Waals surface area contributed by atoms with Gasteiger partial charge >= 0.3 is 6.61 Å². The van der Waals surface area contributed by atoms with Crippen molar-refractivity contribution in [3.63, 3.8) is 0 Å². The molecule has 2 N–H and O–H groups in total. The molecule has 0 aliphatic carbocycles.